The molecule has 3 aromatic rings. The molecule has 0 spiro atoms. The maximum atomic E-state index is 5.05. The predicted molar refractivity (Wildman–Crippen MR) is 186 cm³/mol. The van der Waals surface area contributed by atoms with Crippen LogP contribution in [0.4, 0.5) is 0 Å². The van der Waals surface area contributed by atoms with Crippen molar-refractivity contribution < 1.29 is 0 Å². The number of nitrogens with one attached hydrogen (secondary N) is 3. The van der Waals surface area contributed by atoms with Crippen molar-refractivity contribution in [2.75, 3.05) is 13.1 Å². The highest BCUT2D eigenvalue weighted by Gasteiger charge is 2.33. The van der Waals surface area contributed by atoms with E-state index >= 15 is 0 Å². The summed E-state index contributed by atoms with van der Waals surface area (Å²) in [5, 5.41) is 7.34. The van der Waals surface area contributed by atoms with Crippen molar-refractivity contribution in [3.63, 3.8) is 0 Å². The molecule has 5 heterocycles. The number of hydrogen-bond donors (Lipinski definition) is 3. The summed E-state index contributed by atoms with van der Waals surface area (Å²) < 4.78 is 0. The molecular formula is C36H39N5S2. The summed E-state index contributed by atoms with van der Waals surface area (Å²) in [5.41, 5.74) is 9.43. The van der Waals surface area contributed by atoms with E-state index in [1.54, 1.807) is 0 Å². The van der Waals surface area contributed by atoms with Crippen LogP contribution >= 0.6 is 22.7 Å². The lowest BCUT2D eigenvalue weighted by atomic mass is 9.87. The van der Waals surface area contributed by atoms with Crippen LogP contribution < -0.4 is 10.6 Å². The second-order valence-electron chi connectivity index (χ2n) is 12.5. The smallest absolute Gasteiger partial charge is 0.0963 e. The van der Waals surface area contributed by atoms with Gasteiger partial charge in [-0.2, -0.15) is 0 Å². The Morgan fingerprint density at radius 1 is 0.860 bits per heavy atom. The zero-order valence-electron chi connectivity index (χ0n) is 25.5. The fourth-order valence-electron chi connectivity index (χ4n) is 6.12. The zero-order valence-corrected chi connectivity index (χ0v) is 27.1. The minimum absolute atomic E-state index is 0.0107. The standard InChI is InChI=1S/C36H39N5S2/c1-6-36(4,5)31-16-15-30(43-31)25-10-8-23(33-35(25)40-20-18-38-33)27-12-11-26(41-27)22-7-9-24(34-32(22)37-17-19-39-34)29-14-13-28(42-29)21(2)3/h7-16,18,20-21,33-34,38-39,41H,6,17,19H2,1-5H3. The number of rotatable bonds is 7. The Hall–Kier alpha value is -3.52. The summed E-state index contributed by atoms with van der Waals surface area (Å²) >= 11 is 3.79. The van der Waals surface area contributed by atoms with Crippen molar-refractivity contribution in [3.05, 3.63) is 104 Å². The second kappa shape index (κ2) is 11.2. The molecule has 0 bridgehead atoms. The predicted octanol–water partition coefficient (Wildman–Crippen LogP) is 8.21. The summed E-state index contributed by atoms with van der Waals surface area (Å²) in [7, 11) is 0. The number of nitrogens with zero attached hydrogens (tertiary/aromatic N) is 2. The first kappa shape index (κ1) is 28.3. The highest BCUT2D eigenvalue weighted by atomic mass is 32.1. The number of aromatic nitrogens is 1. The SMILES string of the molecule is CCC(C)(C)c1ccc(C2=CC=C(c3ccc(C4=CC=C(c5ccc(C(C)C)s5)C5NCCN=C45)[nH]3)C3NC=CN=C23)s1. The van der Waals surface area contributed by atoms with Gasteiger partial charge in [0, 0.05) is 66.6 Å². The molecule has 0 fully saturated rings. The Balaban J connectivity index is 1.22. The number of aliphatic imine (C=N–C) groups is 2. The largest absolute Gasteiger partial charge is 0.377 e. The molecule has 0 amide bonds. The number of thiophene rings is 2. The normalized spacial score (nSPS) is 21.6. The fraction of sp³-hybridized carbons (Fsp3) is 0.333. The van der Waals surface area contributed by atoms with Gasteiger partial charge in [-0.1, -0.05) is 58.9 Å². The van der Waals surface area contributed by atoms with E-state index in [0.29, 0.717) is 5.92 Å². The van der Waals surface area contributed by atoms with E-state index in [9.17, 15) is 0 Å². The maximum absolute atomic E-state index is 5.05. The number of H-pyrrole nitrogens is 1. The molecule has 3 aromatic heterocycles. The van der Waals surface area contributed by atoms with Crippen LogP contribution in [-0.4, -0.2) is 41.6 Å². The highest BCUT2D eigenvalue weighted by molar-refractivity contribution is 7.14. The average molecular weight is 606 g/mol. The number of fused-ring (bicyclic) bond motifs is 2. The van der Waals surface area contributed by atoms with Gasteiger partial charge >= 0.3 is 0 Å². The Morgan fingerprint density at radius 3 is 2.47 bits per heavy atom. The first-order chi connectivity index (χ1) is 20.8. The van der Waals surface area contributed by atoms with Crippen molar-refractivity contribution in [2.45, 2.75) is 64.5 Å². The molecule has 0 saturated heterocycles. The molecular weight excluding hydrogens is 567 g/mol. The van der Waals surface area contributed by atoms with E-state index in [0.717, 1.165) is 47.9 Å². The highest BCUT2D eigenvalue weighted by Crippen LogP contribution is 2.40. The van der Waals surface area contributed by atoms with E-state index in [-0.39, 0.29) is 17.5 Å². The van der Waals surface area contributed by atoms with Gasteiger partial charge in [0.05, 0.1) is 30.1 Å². The van der Waals surface area contributed by atoms with Crippen LogP contribution in [0.1, 0.15) is 77.9 Å². The lowest BCUT2D eigenvalue weighted by molar-refractivity contribution is 0.517. The first-order valence-corrected chi connectivity index (χ1v) is 17.0. The molecule has 5 nitrogen and oxygen atoms in total. The molecule has 7 heteroatoms. The molecule has 3 N–H and O–H groups in total. The topological polar surface area (TPSA) is 64.6 Å². The quantitative estimate of drug-likeness (QED) is 0.254. The number of allylic oxidation sites excluding steroid dienone is 4. The maximum Gasteiger partial charge on any atom is 0.0963 e. The van der Waals surface area contributed by atoms with Crippen LogP contribution in [-0.2, 0) is 5.41 Å². The Bertz CT molecular complexity index is 1780. The van der Waals surface area contributed by atoms with Gasteiger partial charge in [-0.25, -0.2) is 0 Å². The van der Waals surface area contributed by atoms with Gasteiger partial charge in [0.2, 0.25) is 0 Å². The monoisotopic (exact) mass is 605 g/mol. The molecule has 2 aliphatic carbocycles. The molecule has 2 aliphatic heterocycles. The number of hydrogen-bond acceptors (Lipinski definition) is 6. The van der Waals surface area contributed by atoms with E-state index in [2.05, 4.69) is 111 Å². The third kappa shape index (κ3) is 5.07. The van der Waals surface area contributed by atoms with Gasteiger partial charge in [0.1, 0.15) is 0 Å². The third-order valence-electron chi connectivity index (χ3n) is 9.06. The summed E-state index contributed by atoms with van der Waals surface area (Å²) in [6.45, 7) is 13.1. The van der Waals surface area contributed by atoms with Crippen LogP contribution in [0.25, 0.3) is 22.3 Å². The van der Waals surface area contributed by atoms with Crippen molar-refractivity contribution in [3.8, 4) is 0 Å². The molecule has 2 atom stereocenters. The van der Waals surface area contributed by atoms with E-state index < -0.39 is 0 Å². The first-order valence-electron chi connectivity index (χ1n) is 15.4. The zero-order chi connectivity index (χ0) is 29.7. The second-order valence-corrected chi connectivity index (χ2v) is 14.7. The van der Waals surface area contributed by atoms with Crippen LogP contribution in [0, 0.1) is 0 Å². The summed E-state index contributed by atoms with van der Waals surface area (Å²) in [6, 6.07) is 13.6. The van der Waals surface area contributed by atoms with E-state index in [4.69, 9.17) is 9.98 Å². The van der Waals surface area contributed by atoms with Gasteiger partial charge in [-0.3, -0.25) is 9.98 Å². The average Bonchev–Trinajstić information content (AvgIpc) is 3.82. The van der Waals surface area contributed by atoms with Gasteiger partial charge in [-0.15, -0.1) is 22.7 Å². The molecule has 7 rings (SSSR count). The molecule has 0 saturated carbocycles. The fourth-order valence-corrected chi connectivity index (χ4v) is 8.40. The molecule has 43 heavy (non-hydrogen) atoms. The number of aromatic amines is 1. The summed E-state index contributed by atoms with van der Waals surface area (Å²) in [4.78, 5) is 19.1. The molecule has 0 radical (unpaired) electrons. The Labute approximate surface area is 262 Å². The summed E-state index contributed by atoms with van der Waals surface area (Å²) in [6.07, 6.45) is 14.0. The van der Waals surface area contributed by atoms with Gasteiger partial charge in [0.15, 0.2) is 0 Å². The molecule has 2 unspecified atom stereocenters. The van der Waals surface area contributed by atoms with E-state index in [1.807, 2.05) is 35.1 Å². The molecule has 0 aromatic carbocycles. The van der Waals surface area contributed by atoms with Gasteiger partial charge in [0.25, 0.3) is 0 Å². The van der Waals surface area contributed by atoms with Gasteiger partial charge in [-0.05, 0) is 59.7 Å². The van der Waals surface area contributed by atoms with Crippen LogP contribution in [0.3, 0.4) is 0 Å². The molecule has 220 valence electrons. The summed E-state index contributed by atoms with van der Waals surface area (Å²) in [5.74, 6) is 0.537. The van der Waals surface area contributed by atoms with Crippen LogP contribution in [0.2, 0.25) is 0 Å². The van der Waals surface area contributed by atoms with Crippen molar-refractivity contribution in [2.24, 2.45) is 9.98 Å². The van der Waals surface area contributed by atoms with Crippen molar-refractivity contribution >= 4 is 56.4 Å². The lowest BCUT2D eigenvalue weighted by Crippen LogP contribution is -2.44. The third-order valence-corrected chi connectivity index (χ3v) is 12.0. The van der Waals surface area contributed by atoms with Gasteiger partial charge < -0.3 is 15.6 Å². The Kier molecular flexibility index (Phi) is 7.36. The van der Waals surface area contributed by atoms with E-state index in [1.165, 1.54) is 36.2 Å². The van der Waals surface area contributed by atoms with Crippen LogP contribution in [0.15, 0.2) is 83.1 Å². The van der Waals surface area contributed by atoms with Crippen molar-refractivity contribution in [1.82, 2.24) is 15.6 Å². The van der Waals surface area contributed by atoms with Crippen molar-refractivity contribution in [1.29, 1.82) is 0 Å². The Morgan fingerprint density at radius 2 is 1.65 bits per heavy atom. The molecule has 4 aliphatic rings. The lowest BCUT2D eigenvalue weighted by Gasteiger charge is -2.30. The minimum Gasteiger partial charge on any atom is -0.377 e. The minimum atomic E-state index is -0.0107. The van der Waals surface area contributed by atoms with Crippen LogP contribution in [0.5, 0.6) is 0 Å².